The van der Waals surface area contributed by atoms with Crippen LogP contribution in [0.1, 0.15) is 6.42 Å². The van der Waals surface area contributed by atoms with Gasteiger partial charge in [-0.15, -0.1) is 0 Å². The van der Waals surface area contributed by atoms with Gasteiger partial charge in [-0.2, -0.15) is 5.10 Å². The fourth-order valence-electron chi connectivity index (χ4n) is 2.16. The summed E-state index contributed by atoms with van der Waals surface area (Å²) in [6, 6.07) is 5.53. The molecule has 96 valence electrons. The van der Waals surface area contributed by atoms with Crippen LogP contribution in [0.5, 0.6) is 0 Å². The third-order valence-corrected chi connectivity index (χ3v) is 3.07. The number of aryl methyl sites for hydroxylation is 1. The van der Waals surface area contributed by atoms with Gasteiger partial charge in [0.05, 0.1) is 18.7 Å². The zero-order valence-corrected chi connectivity index (χ0v) is 10.4. The Balaban J connectivity index is 1.99. The topological polar surface area (TPSA) is 68.1 Å². The van der Waals surface area contributed by atoms with E-state index in [4.69, 9.17) is 0 Å². The molecule has 0 unspecified atom stereocenters. The summed E-state index contributed by atoms with van der Waals surface area (Å²) in [5.41, 5.74) is 1.61. The number of amides is 1. The van der Waals surface area contributed by atoms with Crippen LogP contribution in [-0.2, 0) is 16.6 Å². The molecule has 0 aliphatic carbocycles. The molecule has 6 heteroatoms. The first-order valence-electron chi connectivity index (χ1n) is 5.91. The predicted molar refractivity (Wildman–Crippen MR) is 68.4 cm³/mol. The van der Waals surface area contributed by atoms with Crippen LogP contribution in [0.3, 0.4) is 0 Å². The summed E-state index contributed by atoms with van der Waals surface area (Å²) in [5, 5.41) is 4.36. The van der Waals surface area contributed by atoms with E-state index < -0.39 is 0 Å². The summed E-state index contributed by atoms with van der Waals surface area (Å²) in [5.74, 6) is 0.398. The lowest BCUT2D eigenvalue weighted by molar-refractivity contribution is -0.121. The Morgan fingerprint density at radius 2 is 2.16 bits per heavy atom. The molecule has 0 spiro atoms. The van der Waals surface area contributed by atoms with Crippen molar-refractivity contribution in [3.05, 3.63) is 30.6 Å². The van der Waals surface area contributed by atoms with Crippen molar-refractivity contribution >= 4 is 17.5 Å². The van der Waals surface area contributed by atoms with E-state index in [9.17, 15) is 9.59 Å². The van der Waals surface area contributed by atoms with E-state index in [1.54, 1.807) is 30.2 Å². The predicted octanol–water partition coefficient (Wildman–Crippen LogP) is 0.788. The summed E-state index contributed by atoms with van der Waals surface area (Å²) in [6.45, 7) is 0.130. The molecule has 19 heavy (non-hydrogen) atoms. The molecule has 6 nitrogen and oxygen atoms in total. The Morgan fingerprint density at radius 1 is 1.32 bits per heavy atom. The van der Waals surface area contributed by atoms with E-state index in [0.29, 0.717) is 5.82 Å². The second-order valence-corrected chi connectivity index (χ2v) is 4.45. The lowest BCUT2D eigenvalue weighted by atomic mass is 10.2. The maximum atomic E-state index is 11.7. The molecule has 0 aromatic carbocycles. The number of rotatable bonds is 2. The molecule has 1 saturated heterocycles. The summed E-state index contributed by atoms with van der Waals surface area (Å²) in [6.07, 6.45) is 3.38. The maximum Gasteiger partial charge on any atom is 0.236 e. The molecule has 1 fully saturated rings. The van der Waals surface area contributed by atoms with Gasteiger partial charge in [0, 0.05) is 31.1 Å². The standard InChI is InChI=1S/C13H12N4O2/c1-16-12(17-8-10(18)5-13(17)19)6-11(15-16)9-3-2-4-14-7-9/h2-4,6-7H,5,8H2,1H3. The smallest absolute Gasteiger partial charge is 0.236 e. The van der Waals surface area contributed by atoms with E-state index in [-0.39, 0.29) is 24.7 Å². The van der Waals surface area contributed by atoms with Gasteiger partial charge >= 0.3 is 0 Å². The Hall–Kier alpha value is -2.50. The minimum absolute atomic E-state index is 0.0204. The number of Topliss-reactive ketones (excluding diaryl/α,β-unsaturated/α-hetero) is 1. The van der Waals surface area contributed by atoms with Gasteiger partial charge in [-0.3, -0.25) is 24.2 Å². The molecule has 0 N–H and O–H groups in total. The van der Waals surface area contributed by atoms with Gasteiger partial charge in [0.25, 0.3) is 0 Å². The van der Waals surface area contributed by atoms with E-state index in [1.807, 2.05) is 12.1 Å². The number of hydrogen-bond acceptors (Lipinski definition) is 4. The summed E-state index contributed by atoms with van der Waals surface area (Å²) in [4.78, 5) is 28.6. The van der Waals surface area contributed by atoms with Gasteiger partial charge in [-0.05, 0) is 12.1 Å². The van der Waals surface area contributed by atoms with Crippen LogP contribution >= 0.6 is 0 Å². The molecule has 2 aromatic rings. The molecule has 0 saturated carbocycles. The average Bonchev–Trinajstić information content (AvgIpc) is 2.93. The third-order valence-electron chi connectivity index (χ3n) is 3.07. The van der Waals surface area contributed by atoms with Gasteiger partial charge in [-0.1, -0.05) is 0 Å². The van der Waals surface area contributed by atoms with Crippen LogP contribution in [0, 0.1) is 0 Å². The van der Waals surface area contributed by atoms with Crippen molar-refractivity contribution in [1.29, 1.82) is 0 Å². The first-order chi connectivity index (χ1) is 9.15. The average molecular weight is 256 g/mol. The fourth-order valence-corrected chi connectivity index (χ4v) is 2.16. The number of nitrogens with zero attached hydrogens (tertiary/aromatic N) is 4. The molecule has 0 atom stereocenters. The lowest BCUT2D eigenvalue weighted by Crippen LogP contribution is -2.26. The summed E-state index contributed by atoms with van der Waals surface area (Å²) < 4.78 is 1.61. The number of ketones is 1. The van der Waals surface area contributed by atoms with Crippen LogP contribution in [-0.4, -0.2) is 33.0 Å². The second-order valence-electron chi connectivity index (χ2n) is 4.45. The van der Waals surface area contributed by atoms with Gasteiger partial charge in [0.2, 0.25) is 5.91 Å². The minimum Gasteiger partial charge on any atom is -0.297 e. The van der Waals surface area contributed by atoms with Crippen molar-refractivity contribution in [3.63, 3.8) is 0 Å². The highest BCUT2D eigenvalue weighted by atomic mass is 16.2. The number of carbonyl (C=O) groups is 2. The van der Waals surface area contributed by atoms with Gasteiger partial charge in [0.1, 0.15) is 5.82 Å². The molecule has 1 amide bonds. The Labute approximate surface area is 109 Å². The summed E-state index contributed by atoms with van der Waals surface area (Å²) in [7, 11) is 1.76. The lowest BCUT2D eigenvalue weighted by Gasteiger charge is -2.13. The van der Waals surface area contributed by atoms with Crippen molar-refractivity contribution < 1.29 is 9.59 Å². The normalized spacial score (nSPS) is 15.3. The highest BCUT2D eigenvalue weighted by molar-refractivity contribution is 6.14. The molecular formula is C13H12N4O2. The second kappa shape index (κ2) is 4.31. The van der Waals surface area contributed by atoms with E-state index >= 15 is 0 Å². The molecule has 3 rings (SSSR count). The molecular weight excluding hydrogens is 244 g/mol. The largest absolute Gasteiger partial charge is 0.297 e. The number of aromatic nitrogens is 3. The highest BCUT2D eigenvalue weighted by Crippen LogP contribution is 2.25. The third kappa shape index (κ3) is 2.01. The van der Waals surface area contributed by atoms with Crippen LogP contribution in [0.15, 0.2) is 30.6 Å². The molecule has 0 radical (unpaired) electrons. The zero-order valence-electron chi connectivity index (χ0n) is 10.4. The Kier molecular flexibility index (Phi) is 2.63. The van der Waals surface area contributed by atoms with Crippen LogP contribution < -0.4 is 4.90 Å². The zero-order chi connectivity index (χ0) is 13.4. The van der Waals surface area contributed by atoms with E-state index in [2.05, 4.69) is 10.1 Å². The van der Waals surface area contributed by atoms with Crippen molar-refractivity contribution in [2.24, 2.45) is 7.05 Å². The molecule has 1 aliphatic heterocycles. The maximum absolute atomic E-state index is 11.7. The van der Waals surface area contributed by atoms with E-state index in [1.165, 1.54) is 4.90 Å². The summed E-state index contributed by atoms with van der Waals surface area (Å²) >= 11 is 0. The first-order valence-corrected chi connectivity index (χ1v) is 5.91. The number of hydrogen-bond donors (Lipinski definition) is 0. The van der Waals surface area contributed by atoms with Crippen LogP contribution in [0.2, 0.25) is 0 Å². The van der Waals surface area contributed by atoms with E-state index in [0.717, 1.165) is 11.3 Å². The van der Waals surface area contributed by atoms with Crippen molar-refractivity contribution in [2.45, 2.75) is 6.42 Å². The first kappa shape index (κ1) is 11.6. The Morgan fingerprint density at radius 3 is 2.79 bits per heavy atom. The number of carbonyl (C=O) groups excluding carboxylic acids is 2. The van der Waals surface area contributed by atoms with Crippen molar-refractivity contribution in [2.75, 3.05) is 11.4 Å². The van der Waals surface area contributed by atoms with Crippen molar-refractivity contribution in [3.8, 4) is 11.3 Å². The molecule has 1 aliphatic rings. The quantitative estimate of drug-likeness (QED) is 0.745. The van der Waals surface area contributed by atoms with Crippen molar-refractivity contribution in [1.82, 2.24) is 14.8 Å². The molecule has 0 bridgehead atoms. The highest BCUT2D eigenvalue weighted by Gasteiger charge is 2.30. The van der Waals surface area contributed by atoms with Gasteiger partial charge in [-0.25, -0.2) is 0 Å². The molecule has 2 aromatic heterocycles. The fraction of sp³-hybridized carbons (Fsp3) is 0.231. The SMILES string of the molecule is Cn1nc(-c2cccnc2)cc1N1CC(=O)CC1=O. The van der Waals surface area contributed by atoms with Crippen LogP contribution in [0.25, 0.3) is 11.3 Å². The van der Waals surface area contributed by atoms with Gasteiger partial charge < -0.3 is 0 Å². The monoisotopic (exact) mass is 256 g/mol. The van der Waals surface area contributed by atoms with Crippen LogP contribution in [0.4, 0.5) is 5.82 Å². The van der Waals surface area contributed by atoms with Gasteiger partial charge in [0.15, 0.2) is 5.78 Å². The number of pyridine rings is 1. The Bertz CT molecular complexity index is 648. The number of anilines is 1. The molecule has 3 heterocycles. The minimum atomic E-state index is -0.175.